The number of aromatic nitrogens is 1. The first-order valence-corrected chi connectivity index (χ1v) is 7.52. The zero-order valence-corrected chi connectivity index (χ0v) is 12.3. The molecule has 1 aromatic heterocycles. The van der Waals surface area contributed by atoms with Crippen molar-refractivity contribution in [2.45, 2.75) is 25.8 Å². The smallest absolute Gasteiger partial charge is 0.128 e. The molecule has 0 saturated heterocycles. The fraction of sp³-hybridized carbons (Fsp3) is 0.357. The van der Waals surface area contributed by atoms with Crippen molar-refractivity contribution in [3.8, 4) is 0 Å². The third-order valence-electron chi connectivity index (χ3n) is 2.86. The molecule has 0 aliphatic heterocycles. The zero-order chi connectivity index (χ0) is 13.7. The Labute approximate surface area is 121 Å². The number of halogens is 2. The predicted molar refractivity (Wildman–Crippen MR) is 78.3 cm³/mol. The lowest BCUT2D eigenvalue weighted by Crippen LogP contribution is -2.24. The fourth-order valence-corrected chi connectivity index (χ4v) is 2.76. The van der Waals surface area contributed by atoms with Crippen molar-refractivity contribution in [3.63, 3.8) is 0 Å². The summed E-state index contributed by atoms with van der Waals surface area (Å²) in [5, 5.41) is 3.93. The van der Waals surface area contributed by atoms with Crippen molar-refractivity contribution in [1.82, 2.24) is 10.3 Å². The number of benzene rings is 1. The van der Waals surface area contributed by atoms with Gasteiger partial charge in [0.15, 0.2) is 0 Å². The Kier molecular flexibility index (Phi) is 5.31. The second-order valence-electron chi connectivity index (χ2n) is 4.34. The van der Waals surface area contributed by atoms with Crippen molar-refractivity contribution < 1.29 is 4.39 Å². The summed E-state index contributed by atoms with van der Waals surface area (Å²) >= 11 is 7.56. The highest BCUT2D eigenvalue weighted by Crippen LogP contribution is 2.25. The molecular weight excluding hydrogens is 283 g/mol. The van der Waals surface area contributed by atoms with Gasteiger partial charge in [-0.1, -0.05) is 18.5 Å². The van der Waals surface area contributed by atoms with E-state index in [1.807, 2.05) is 6.20 Å². The fourth-order valence-electron chi connectivity index (χ4n) is 1.94. The number of rotatable bonds is 6. The molecule has 0 radical (unpaired) electrons. The molecule has 0 fully saturated rings. The van der Waals surface area contributed by atoms with E-state index in [9.17, 15) is 4.39 Å². The molecule has 2 rings (SSSR count). The van der Waals surface area contributed by atoms with Crippen LogP contribution in [0, 0.1) is 5.82 Å². The topological polar surface area (TPSA) is 24.9 Å². The minimum absolute atomic E-state index is 0.0703. The molecule has 1 heterocycles. The van der Waals surface area contributed by atoms with E-state index in [2.05, 4.69) is 17.2 Å². The maximum absolute atomic E-state index is 14.0. The van der Waals surface area contributed by atoms with Crippen molar-refractivity contribution in [1.29, 1.82) is 0 Å². The molecule has 2 aromatic rings. The first-order valence-electron chi connectivity index (χ1n) is 6.26. The number of thiazole rings is 1. The monoisotopic (exact) mass is 298 g/mol. The molecule has 19 heavy (non-hydrogen) atoms. The predicted octanol–water partition coefficient (Wildman–Crippen LogP) is 4.22. The molecule has 1 unspecified atom stereocenters. The second-order valence-corrected chi connectivity index (χ2v) is 5.75. The van der Waals surface area contributed by atoms with Crippen LogP contribution in [0.5, 0.6) is 0 Å². The van der Waals surface area contributed by atoms with Crippen molar-refractivity contribution in [3.05, 3.63) is 51.2 Å². The normalized spacial score (nSPS) is 12.6. The zero-order valence-electron chi connectivity index (χ0n) is 10.7. The molecule has 0 bridgehead atoms. The van der Waals surface area contributed by atoms with E-state index < -0.39 is 0 Å². The van der Waals surface area contributed by atoms with Crippen LogP contribution in [-0.2, 0) is 6.42 Å². The van der Waals surface area contributed by atoms with Crippen LogP contribution < -0.4 is 5.32 Å². The van der Waals surface area contributed by atoms with Crippen LogP contribution >= 0.6 is 22.9 Å². The van der Waals surface area contributed by atoms with Gasteiger partial charge in [-0.15, -0.1) is 11.3 Å². The standard InChI is InChI=1S/C14H16ClFN2S/c1-2-5-18-14(7-11-8-17-9-19-11)12-6-10(15)3-4-13(12)16/h3-4,6,8-9,14,18H,2,5,7H2,1H3. The van der Waals surface area contributed by atoms with Crippen LogP contribution in [0.3, 0.4) is 0 Å². The van der Waals surface area contributed by atoms with E-state index in [4.69, 9.17) is 11.6 Å². The Morgan fingerprint density at radius 3 is 3.00 bits per heavy atom. The summed E-state index contributed by atoms with van der Waals surface area (Å²) in [6.45, 7) is 2.93. The van der Waals surface area contributed by atoms with Gasteiger partial charge in [-0.2, -0.15) is 0 Å². The van der Waals surface area contributed by atoms with Crippen molar-refractivity contribution in [2.24, 2.45) is 0 Å². The Bertz CT molecular complexity index is 516. The highest BCUT2D eigenvalue weighted by Gasteiger charge is 2.17. The lowest BCUT2D eigenvalue weighted by atomic mass is 10.0. The molecule has 0 amide bonds. The van der Waals surface area contributed by atoms with E-state index >= 15 is 0 Å². The van der Waals surface area contributed by atoms with Gasteiger partial charge in [0.1, 0.15) is 5.82 Å². The molecule has 0 spiro atoms. The van der Waals surface area contributed by atoms with Gasteiger partial charge < -0.3 is 5.32 Å². The minimum atomic E-state index is -0.220. The van der Waals surface area contributed by atoms with Gasteiger partial charge in [0.05, 0.1) is 5.51 Å². The maximum atomic E-state index is 14.0. The number of nitrogens with zero attached hydrogens (tertiary/aromatic N) is 1. The summed E-state index contributed by atoms with van der Waals surface area (Å²) in [4.78, 5) is 5.19. The molecule has 1 N–H and O–H groups in total. The third-order valence-corrected chi connectivity index (χ3v) is 3.90. The van der Waals surface area contributed by atoms with Crippen molar-refractivity contribution in [2.75, 3.05) is 6.54 Å². The minimum Gasteiger partial charge on any atom is -0.310 e. The summed E-state index contributed by atoms with van der Waals surface area (Å²) in [5.41, 5.74) is 2.41. The SMILES string of the molecule is CCCNC(Cc1cncs1)c1cc(Cl)ccc1F. The van der Waals surface area contributed by atoms with E-state index in [0.29, 0.717) is 10.6 Å². The van der Waals surface area contributed by atoms with E-state index in [-0.39, 0.29) is 11.9 Å². The third kappa shape index (κ3) is 4.00. The quantitative estimate of drug-likeness (QED) is 0.864. The van der Waals surface area contributed by atoms with Gasteiger partial charge in [-0.3, -0.25) is 4.98 Å². The van der Waals surface area contributed by atoms with Gasteiger partial charge in [0.2, 0.25) is 0 Å². The Morgan fingerprint density at radius 1 is 1.47 bits per heavy atom. The number of nitrogens with one attached hydrogen (secondary N) is 1. The Balaban J connectivity index is 2.23. The van der Waals surface area contributed by atoms with Gasteiger partial charge in [0, 0.05) is 34.1 Å². The first kappa shape index (κ1) is 14.4. The maximum Gasteiger partial charge on any atom is 0.128 e. The summed E-state index contributed by atoms with van der Waals surface area (Å²) < 4.78 is 14.0. The van der Waals surface area contributed by atoms with Gasteiger partial charge in [-0.05, 0) is 31.2 Å². The van der Waals surface area contributed by atoms with Crippen LogP contribution in [0.2, 0.25) is 5.02 Å². The van der Waals surface area contributed by atoms with Crippen molar-refractivity contribution >= 4 is 22.9 Å². The summed E-state index contributed by atoms with van der Waals surface area (Å²) in [6.07, 6.45) is 3.55. The molecule has 102 valence electrons. The first-order chi connectivity index (χ1) is 9.20. The van der Waals surface area contributed by atoms with Crippen LogP contribution in [0.15, 0.2) is 29.9 Å². The van der Waals surface area contributed by atoms with E-state index in [1.54, 1.807) is 29.0 Å². The molecule has 5 heteroatoms. The largest absolute Gasteiger partial charge is 0.310 e. The summed E-state index contributed by atoms with van der Waals surface area (Å²) in [7, 11) is 0. The Hall–Kier alpha value is -0.970. The average molecular weight is 299 g/mol. The number of hydrogen-bond donors (Lipinski definition) is 1. The number of hydrogen-bond acceptors (Lipinski definition) is 3. The lowest BCUT2D eigenvalue weighted by Gasteiger charge is -2.19. The van der Waals surface area contributed by atoms with Gasteiger partial charge in [0.25, 0.3) is 0 Å². The highest BCUT2D eigenvalue weighted by atomic mass is 35.5. The molecule has 1 aromatic carbocycles. The average Bonchev–Trinajstić information content (AvgIpc) is 2.90. The molecular formula is C14H16ClFN2S. The van der Waals surface area contributed by atoms with E-state index in [1.165, 1.54) is 6.07 Å². The molecule has 0 aliphatic carbocycles. The van der Waals surface area contributed by atoms with Crippen LogP contribution in [0.1, 0.15) is 29.8 Å². The Morgan fingerprint density at radius 2 is 2.32 bits per heavy atom. The molecule has 0 aliphatic rings. The molecule has 1 atom stereocenters. The van der Waals surface area contributed by atoms with Gasteiger partial charge in [-0.25, -0.2) is 4.39 Å². The van der Waals surface area contributed by atoms with Gasteiger partial charge >= 0.3 is 0 Å². The second kappa shape index (κ2) is 6.98. The summed E-state index contributed by atoms with van der Waals surface area (Å²) in [6, 6.07) is 4.62. The van der Waals surface area contributed by atoms with Crippen LogP contribution in [0.25, 0.3) is 0 Å². The molecule has 0 saturated carbocycles. The molecule has 2 nitrogen and oxygen atoms in total. The lowest BCUT2D eigenvalue weighted by molar-refractivity contribution is 0.499. The summed E-state index contributed by atoms with van der Waals surface area (Å²) in [5.74, 6) is -0.220. The van der Waals surface area contributed by atoms with Crippen LogP contribution in [0.4, 0.5) is 4.39 Å². The van der Waals surface area contributed by atoms with E-state index in [0.717, 1.165) is 24.3 Å². The highest BCUT2D eigenvalue weighted by molar-refractivity contribution is 7.09. The van der Waals surface area contributed by atoms with Crippen LogP contribution in [-0.4, -0.2) is 11.5 Å².